The Morgan fingerprint density at radius 1 is 1.44 bits per heavy atom. The SMILES string of the molecule is CC(C)=CCNC(=O)N1CCS(=O)(=O)C[C@H](C)C1. The molecule has 0 spiro atoms. The van der Waals surface area contributed by atoms with Gasteiger partial charge in [0.05, 0.1) is 11.5 Å². The molecule has 1 saturated heterocycles. The van der Waals surface area contributed by atoms with Gasteiger partial charge in [0.15, 0.2) is 9.84 Å². The largest absolute Gasteiger partial charge is 0.335 e. The molecule has 1 N–H and O–H groups in total. The van der Waals surface area contributed by atoms with Crippen LogP contribution in [-0.4, -0.2) is 50.5 Å². The molecule has 1 atom stereocenters. The normalized spacial score (nSPS) is 23.1. The van der Waals surface area contributed by atoms with Gasteiger partial charge in [-0.15, -0.1) is 0 Å². The standard InChI is InChI=1S/C12H22N2O3S/c1-10(2)4-5-13-12(15)14-6-7-18(16,17)9-11(3)8-14/h4,11H,5-9H2,1-3H3,(H,13,15)/t11-/m1/s1. The molecule has 0 bridgehead atoms. The molecular formula is C12H22N2O3S. The van der Waals surface area contributed by atoms with Crippen molar-refractivity contribution in [3.8, 4) is 0 Å². The molecule has 18 heavy (non-hydrogen) atoms. The highest BCUT2D eigenvalue weighted by Crippen LogP contribution is 2.10. The molecule has 6 heteroatoms. The van der Waals surface area contributed by atoms with Gasteiger partial charge in [0.2, 0.25) is 0 Å². The van der Waals surface area contributed by atoms with Gasteiger partial charge in [-0.3, -0.25) is 0 Å². The van der Waals surface area contributed by atoms with Crippen LogP contribution >= 0.6 is 0 Å². The maximum absolute atomic E-state index is 11.9. The molecule has 1 rings (SSSR count). The summed E-state index contributed by atoms with van der Waals surface area (Å²) in [7, 11) is -3.00. The Morgan fingerprint density at radius 2 is 2.11 bits per heavy atom. The third-order valence-corrected chi connectivity index (χ3v) is 4.68. The molecule has 104 valence electrons. The van der Waals surface area contributed by atoms with Gasteiger partial charge in [-0.25, -0.2) is 13.2 Å². The van der Waals surface area contributed by atoms with Crippen LogP contribution in [0.15, 0.2) is 11.6 Å². The summed E-state index contributed by atoms with van der Waals surface area (Å²) in [4.78, 5) is 13.5. The number of hydrogen-bond acceptors (Lipinski definition) is 3. The quantitative estimate of drug-likeness (QED) is 0.765. The fourth-order valence-electron chi connectivity index (χ4n) is 1.93. The topological polar surface area (TPSA) is 66.5 Å². The van der Waals surface area contributed by atoms with Crippen molar-refractivity contribution in [2.45, 2.75) is 20.8 Å². The number of carbonyl (C=O) groups excluding carboxylic acids is 1. The highest BCUT2D eigenvalue weighted by Gasteiger charge is 2.26. The Balaban J connectivity index is 2.55. The van der Waals surface area contributed by atoms with Crippen LogP contribution in [0.1, 0.15) is 20.8 Å². The third-order valence-electron chi connectivity index (χ3n) is 2.79. The first-order valence-corrected chi connectivity index (χ1v) is 7.99. The van der Waals surface area contributed by atoms with E-state index in [1.165, 1.54) is 0 Å². The molecule has 0 radical (unpaired) electrons. The number of nitrogens with zero attached hydrogens (tertiary/aromatic N) is 1. The van der Waals surface area contributed by atoms with Crippen molar-refractivity contribution in [3.05, 3.63) is 11.6 Å². The molecule has 1 fully saturated rings. The zero-order valence-corrected chi connectivity index (χ0v) is 12.1. The minimum absolute atomic E-state index is 0.00768. The summed E-state index contributed by atoms with van der Waals surface area (Å²) in [5.41, 5.74) is 1.14. The summed E-state index contributed by atoms with van der Waals surface area (Å²) in [5, 5.41) is 2.78. The molecule has 0 saturated carbocycles. The van der Waals surface area contributed by atoms with Gasteiger partial charge in [0.1, 0.15) is 0 Å². The Morgan fingerprint density at radius 3 is 2.72 bits per heavy atom. The van der Waals surface area contributed by atoms with E-state index in [0.29, 0.717) is 13.1 Å². The number of rotatable bonds is 2. The second kappa shape index (κ2) is 6.22. The van der Waals surface area contributed by atoms with E-state index in [-0.39, 0.29) is 30.0 Å². The van der Waals surface area contributed by atoms with Crippen molar-refractivity contribution >= 4 is 15.9 Å². The first-order valence-electron chi connectivity index (χ1n) is 6.17. The number of carbonyl (C=O) groups is 1. The van der Waals surface area contributed by atoms with Crippen LogP contribution in [0, 0.1) is 5.92 Å². The Hall–Kier alpha value is -1.04. The predicted molar refractivity (Wildman–Crippen MR) is 72.2 cm³/mol. The van der Waals surface area contributed by atoms with Gasteiger partial charge in [-0.1, -0.05) is 18.6 Å². The van der Waals surface area contributed by atoms with E-state index in [2.05, 4.69) is 5.32 Å². The number of hydrogen-bond donors (Lipinski definition) is 1. The Bertz CT molecular complexity index is 425. The fourth-order valence-corrected chi connectivity index (χ4v) is 3.56. The van der Waals surface area contributed by atoms with Crippen molar-refractivity contribution in [2.75, 3.05) is 31.1 Å². The zero-order chi connectivity index (χ0) is 13.8. The lowest BCUT2D eigenvalue weighted by Gasteiger charge is -2.22. The maximum atomic E-state index is 11.9. The summed E-state index contributed by atoms with van der Waals surface area (Å²) in [6.07, 6.45) is 1.93. The first kappa shape index (κ1) is 15.0. The lowest BCUT2D eigenvalue weighted by Crippen LogP contribution is -2.42. The van der Waals surface area contributed by atoms with Crippen molar-refractivity contribution in [3.63, 3.8) is 0 Å². The molecule has 0 aromatic carbocycles. The Labute approximate surface area is 109 Å². The highest BCUT2D eigenvalue weighted by molar-refractivity contribution is 7.91. The average molecular weight is 274 g/mol. The van der Waals surface area contributed by atoms with Crippen LogP contribution in [0.25, 0.3) is 0 Å². The smallest absolute Gasteiger partial charge is 0.317 e. The second-order valence-electron chi connectivity index (χ2n) is 5.13. The van der Waals surface area contributed by atoms with Gasteiger partial charge in [0, 0.05) is 19.6 Å². The summed E-state index contributed by atoms with van der Waals surface area (Å²) in [6.45, 7) is 7.06. The molecule has 0 aromatic rings. The molecule has 1 aliphatic heterocycles. The number of nitrogens with one attached hydrogen (secondary N) is 1. The molecular weight excluding hydrogens is 252 g/mol. The van der Waals surface area contributed by atoms with Crippen LogP contribution in [0.4, 0.5) is 4.79 Å². The van der Waals surface area contributed by atoms with Crippen LogP contribution in [-0.2, 0) is 9.84 Å². The summed E-state index contributed by atoms with van der Waals surface area (Å²) in [6, 6.07) is -0.184. The molecule has 2 amide bonds. The minimum Gasteiger partial charge on any atom is -0.335 e. The maximum Gasteiger partial charge on any atom is 0.317 e. The van der Waals surface area contributed by atoms with Crippen LogP contribution in [0.5, 0.6) is 0 Å². The fraction of sp³-hybridized carbons (Fsp3) is 0.750. The average Bonchev–Trinajstić information content (AvgIpc) is 2.35. The Kier molecular flexibility index (Phi) is 5.19. The molecule has 1 heterocycles. The monoisotopic (exact) mass is 274 g/mol. The minimum atomic E-state index is -3.00. The number of urea groups is 1. The van der Waals surface area contributed by atoms with Gasteiger partial charge in [0.25, 0.3) is 0 Å². The van der Waals surface area contributed by atoms with E-state index < -0.39 is 9.84 Å². The van der Waals surface area contributed by atoms with Gasteiger partial charge >= 0.3 is 6.03 Å². The zero-order valence-electron chi connectivity index (χ0n) is 11.3. The van der Waals surface area contributed by atoms with Crippen molar-refractivity contribution in [1.29, 1.82) is 0 Å². The second-order valence-corrected chi connectivity index (χ2v) is 7.36. The van der Waals surface area contributed by atoms with Crippen molar-refractivity contribution in [2.24, 2.45) is 5.92 Å². The summed E-state index contributed by atoms with van der Waals surface area (Å²) >= 11 is 0. The van der Waals surface area contributed by atoms with E-state index in [4.69, 9.17) is 0 Å². The van der Waals surface area contributed by atoms with Gasteiger partial charge < -0.3 is 10.2 Å². The first-order chi connectivity index (χ1) is 8.30. The summed E-state index contributed by atoms with van der Waals surface area (Å²) < 4.78 is 23.2. The third kappa shape index (κ3) is 5.08. The molecule has 0 unspecified atom stereocenters. The van der Waals surface area contributed by atoms with Gasteiger partial charge in [-0.05, 0) is 19.8 Å². The molecule has 5 nitrogen and oxygen atoms in total. The predicted octanol–water partition coefficient (Wildman–Crippen LogP) is 1.03. The lowest BCUT2D eigenvalue weighted by atomic mass is 10.2. The van der Waals surface area contributed by atoms with Crippen LogP contribution < -0.4 is 5.32 Å². The molecule has 0 aromatic heterocycles. The van der Waals surface area contributed by atoms with E-state index in [1.807, 2.05) is 26.8 Å². The van der Waals surface area contributed by atoms with Crippen molar-refractivity contribution < 1.29 is 13.2 Å². The van der Waals surface area contributed by atoms with E-state index in [0.717, 1.165) is 5.57 Å². The van der Waals surface area contributed by atoms with Crippen molar-refractivity contribution in [1.82, 2.24) is 10.2 Å². The number of amides is 2. The van der Waals surface area contributed by atoms with Crippen LogP contribution in [0.2, 0.25) is 0 Å². The van der Waals surface area contributed by atoms with Crippen LogP contribution in [0.3, 0.4) is 0 Å². The highest BCUT2D eigenvalue weighted by atomic mass is 32.2. The van der Waals surface area contributed by atoms with E-state index in [1.54, 1.807) is 4.90 Å². The van der Waals surface area contributed by atoms with Gasteiger partial charge in [-0.2, -0.15) is 0 Å². The van der Waals surface area contributed by atoms with E-state index >= 15 is 0 Å². The lowest BCUT2D eigenvalue weighted by molar-refractivity contribution is 0.197. The summed E-state index contributed by atoms with van der Waals surface area (Å²) in [5.74, 6) is 0.227. The number of allylic oxidation sites excluding steroid dienone is 1. The van der Waals surface area contributed by atoms with E-state index in [9.17, 15) is 13.2 Å². The number of sulfone groups is 1. The molecule has 1 aliphatic rings. The molecule has 0 aliphatic carbocycles.